The molecule has 0 bridgehead atoms. The fraction of sp³-hybridized carbons (Fsp3) is 0.824. The molecule has 0 aromatic carbocycles. The molecule has 1 fully saturated rings. The Morgan fingerprint density at radius 3 is 2.20 bits per heavy atom. The first kappa shape index (κ1) is 20.3. The summed E-state index contributed by atoms with van der Waals surface area (Å²) in [5.41, 5.74) is 4.78. The van der Waals surface area contributed by atoms with E-state index >= 15 is 0 Å². The number of alkyl halides is 3. The maximum Gasteiger partial charge on any atom is 0.435 e. The molecule has 0 amide bonds. The van der Waals surface area contributed by atoms with Gasteiger partial charge in [0.25, 0.3) is 0 Å². The minimum atomic E-state index is -4.45. The van der Waals surface area contributed by atoms with Gasteiger partial charge in [-0.3, -0.25) is 0 Å². The van der Waals surface area contributed by atoms with E-state index in [2.05, 4.69) is 39.0 Å². The van der Waals surface area contributed by atoms with E-state index in [-0.39, 0.29) is 17.0 Å². The smallest absolute Gasteiger partial charge is 0.414 e. The predicted octanol–water partition coefficient (Wildman–Crippen LogP) is 5.06. The van der Waals surface area contributed by atoms with Crippen LogP contribution in [0, 0.1) is 5.92 Å². The van der Waals surface area contributed by atoms with Gasteiger partial charge in [0.15, 0.2) is 14.0 Å². The van der Waals surface area contributed by atoms with Crippen molar-refractivity contribution < 1.29 is 17.6 Å². The summed E-state index contributed by atoms with van der Waals surface area (Å²) in [6.07, 6.45) is -0.430. The van der Waals surface area contributed by atoms with Gasteiger partial charge >= 0.3 is 6.18 Å². The van der Waals surface area contributed by atoms with Crippen molar-refractivity contribution in [1.82, 2.24) is 9.78 Å². The monoisotopic (exact) mass is 377 g/mol. The molecule has 0 aliphatic heterocycles. The first-order chi connectivity index (χ1) is 11.3. The van der Waals surface area contributed by atoms with E-state index in [1.54, 1.807) is 0 Å². The van der Waals surface area contributed by atoms with Crippen molar-refractivity contribution in [3.8, 4) is 0 Å². The largest absolute Gasteiger partial charge is 0.435 e. The van der Waals surface area contributed by atoms with Crippen LogP contribution in [-0.4, -0.2) is 24.2 Å². The second-order valence-electron chi connectivity index (χ2n) is 8.66. The van der Waals surface area contributed by atoms with Gasteiger partial charge in [0.2, 0.25) is 0 Å². The van der Waals surface area contributed by atoms with Crippen molar-refractivity contribution in [3.63, 3.8) is 0 Å². The lowest BCUT2D eigenvalue weighted by Crippen LogP contribution is -2.44. The molecule has 1 aliphatic rings. The number of nitrogens with two attached hydrogens (primary N) is 1. The summed E-state index contributed by atoms with van der Waals surface area (Å²) in [7, 11) is -1.78. The quantitative estimate of drug-likeness (QED) is 0.746. The highest BCUT2D eigenvalue weighted by atomic mass is 28.4. The number of aromatic nitrogens is 2. The van der Waals surface area contributed by atoms with E-state index in [0.717, 1.165) is 31.7 Å². The molecule has 0 spiro atoms. The Hall–Kier alpha value is -1.02. The van der Waals surface area contributed by atoms with Gasteiger partial charge in [0.05, 0.1) is 0 Å². The molecule has 8 heteroatoms. The van der Waals surface area contributed by atoms with Crippen molar-refractivity contribution in [2.24, 2.45) is 5.92 Å². The van der Waals surface area contributed by atoms with E-state index in [9.17, 15) is 13.2 Å². The second-order valence-corrected chi connectivity index (χ2v) is 13.4. The molecule has 1 aromatic heterocycles. The Labute approximate surface area is 149 Å². The van der Waals surface area contributed by atoms with E-state index in [1.807, 2.05) is 0 Å². The van der Waals surface area contributed by atoms with Crippen LogP contribution in [-0.2, 0) is 17.1 Å². The zero-order valence-electron chi connectivity index (χ0n) is 15.8. The first-order valence-electron chi connectivity index (χ1n) is 8.88. The van der Waals surface area contributed by atoms with Crippen LogP contribution in [0.3, 0.4) is 0 Å². The standard InChI is InChI=1S/C17H30F3N3OSi/c1-16(2,3)25(4,5)24-13-8-6-12(7-9-13)11-23-15(21)10-14(22-23)17(18,19)20/h10,12-13H,6-9,11,21H2,1-5H3/t12-,13+. The molecule has 1 aromatic rings. The van der Waals surface area contributed by atoms with Crippen molar-refractivity contribution in [1.29, 1.82) is 0 Å². The van der Waals surface area contributed by atoms with Gasteiger partial charge < -0.3 is 10.2 Å². The van der Waals surface area contributed by atoms with Crippen molar-refractivity contribution in [2.45, 2.75) is 83.4 Å². The molecule has 0 unspecified atom stereocenters. The van der Waals surface area contributed by atoms with Crippen LogP contribution in [0.15, 0.2) is 6.07 Å². The number of hydrogen-bond acceptors (Lipinski definition) is 3. The van der Waals surface area contributed by atoms with Gasteiger partial charge in [-0.2, -0.15) is 18.3 Å². The molecule has 1 heterocycles. The summed E-state index contributed by atoms with van der Waals surface area (Å²) < 4.78 is 45.9. The normalized spacial score (nSPS) is 23.0. The van der Waals surface area contributed by atoms with Crippen LogP contribution in [0.4, 0.5) is 19.0 Å². The topological polar surface area (TPSA) is 53.1 Å². The maximum absolute atomic E-state index is 12.7. The van der Waals surface area contributed by atoms with Gasteiger partial charge in [-0.1, -0.05) is 20.8 Å². The summed E-state index contributed by atoms with van der Waals surface area (Å²) in [4.78, 5) is 0. The highest BCUT2D eigenvalue weighted by Crippen LogP contribution is 2.40. The molecule has 2 N–H and O–H groups in total. The number of nitrogens with zero attached hydrogens (tertiary/aromatic N) is 2. The average Bonchev–Trinajstić information content (AvgIpc) is 2.81. The highest BCUT2D eigenvalue weighted by molar-refractivity contribution is 6.74. The molecule has 2 rings (SSSR count). The zero-order valence-corrected chi connectivity index (χ0v) is 16.8. The van der Waals surface area contributed by atoms with E-state index in [1.165, 1.54) is 4.68 Å². The van der Waals surface area contributed by atoms with E-state index < -0.39 is 20.2 Å². The molecule has 4 nitrogen and oxygen atoms in total. The van der Waals surface area contributed by atoms with E-state index in [0.29, 0.717) is 12.5 Å². The molecule has 1 aliphatic carbocycles. The van der Waals surface area contributed by atoms with Crippen LogP contribution in [0.5, 0.6) is 0 Å². The van der Waals surface area contributed by atoms with Crippen LogP contribution >= 0.6 is 0 Å². The number of anilines is 1. The van der Waals surface area contributed by atoms with Gasteiger partial charge in [-0.25, -0.2) is 4.68 Å². The minimum Gasteiger partial charge on any atom is -0.414 e. The zero-order chi connectivity index (χ0) is 19.0. The summed E-state index contributed by atoms with van der Waals surface area (Å²) in [6.45, 7) is 11.6. The number of halogens is 3. The Kier molecular flexibility index (Phi) is 5.64. The SMILES string of the molecule is CC(C)(C)[Si](C)(C)O[C@H]1CC[C@@H](Cn2nc(C(F)(F)F)cc2N)CC1. The maximum atomic E-state index is 12.7. The van der Waals surface area contributed by atoms with Crippen LogP contribution in [0.25, 0.3) is 0 Å². The third kappa shape index (κ3) is 5.00. The summed E-state index contributed by atoms with van der Waals surface area (Å²) in [6, 6.07) is 0.909. The number of rotatable bonds is 4. The number of nitrogen functional groups attached to an aromatic ring is 1. The molecule has 144 valence electrons. The van der Waals surface area contributed by atoms with Crippen molar-refractivity contribution in [2.75, 3.05) is 5.73 Å². The molecule has 25 heavy (non-hydrogen) atoms. The molecule has 1 saturated carbocycles. The van der Waals surface area contributed by atoms with Gasteiger partial charge in [-0.15, -0.1) is 0 Å². The molecular formula is C17H30F3N3OSi. The average molecular weight is 378 g/mol. The Morgan fingerprint density at radius 1 is 1.20 bits per heavy atom. The van der Waals surface area contributed by atoms with Gasteiger partial charge in [0, 0.05) is 18.7 Å². The lowest BCUT2D eigenvalue weighted by Gasteiger charge is -2.41. The third-order valence-electron chi connectivity index (χ3n) is 5.59. The molecule has 0 atom stereocenters. The molecule has 0 radical (unpaired) electrons. The second kappa shape index (κ2) is 6.94. The fourth-order valence-corrected chi connectivity index (χ4v) is 4.41. The van der Waals surface area contributed by atoms with Crippen LogP contribution in [0.2, 0.25) is 18.1 Å². The van der Waals surface area contributed by atoms with Gasteiger partial charge in [0.1, 0.15) is 5.82 Å². The summed E-state index contributed by atoms with van der Waals surface area (Å²) >= 11 is 0. The molecular weight excluding hydrogens is 347 g/mol. The predicted molar refractivity (Wildman–Crippen MR) is 95.7 cm³/mol. The lowest BCUT2D eigenvalue weighted by atomic mass is 9.87. The van der Waals surface area contributed by atoms with Crippen molar-refractivity contribution >= 4 is 14.1 Å². The third-order valence-corrected chi connectivity index (χ3v) is 10.1. The highest BCUT2D eigenvalue weighted by Gasteiger charge is 2.40. The Morgan fingerprint density at radius 2 is 1.76 bits per heavy atom. The van der Waals surface area contributed by atoms with E-state index in [4.69, 9.17) is 10.2 Å². The van der Waals surface area contributed by atoms with Gasteiger partial charge in [-0.05, 0) is 49.7 Å². The minimum absolute atomic E-state index is 0.0759. The first-order valence-corrected chi connectivity index (χ1v) is 11.8. The Bertz CT molecular complexity index is 585. The fourth-order valence-electron chi connectivity index (χ4n) is 2.99. The van der Waals surface area contributed by atoms with Crippen LogP contribution < -0.4 is 5.73 Å². The summed E-state index contributed by atoms with van der Waals surface area (Å²) in [5, 5.41) is 3.81. The van der Waals surface area contributed by atoms with Crippen LogP contribution in [0.1, 0.15) is 52.1 Å². The summed E-state index contributed by atoms with van der Waals surface area (Å²) in [5.74, 6) is 0.370. The lowest BCUT2D eigenvalue weighted by molar-refractivity contribution is -0.141. The Balaban J connectivity index is 1.90. The number of hydrogen-bond donors (Lipinski definition) is 1. The van der Waals surface area contributed by atoms with Crippen molar-refractivity contribution in [3.05, 3.63) is 11.8 Å². The molecule has 0 saturated heterocycles.